The summed E-state index contributed by atoms with van der Waals surface area (Å²) in [5, 5.41) is 12.8. The Balaban J connectivity index is 1.60. The third kappa shape index (κ3) is 2.24. The van der Waals surface area contributed by atoms with Crippen molar-refractivity contribution in [2.75, 3.05) is 13.1 Å². The van der Waals surface area contributed by atoms with Gasteiger partial charge in [0.05, 0.1) is 41.4 Å². The molecular formula is C14H17ClN6O2. The Morgan fingerprint density at radius 2 is 2.30 bits per heavy atom. The second-order valence-electron chi connectivity index (χ2n) is 6.00. The van der Waals surface area contributed by atoms with Gasteiger partial charge in [0.25, 0.3) is 5.91 Å². The fraction of sp³-hybridized carbons (Fsp3) is 0.571. The van der Waals surface area contributed by atoms with Crippen LogP contribution in [0.2, 0.25) is 5.02 Å². The molecule has 0 unspecified atom stereocenters. The minimum absolute atomic E-state index is 0.0115. The molecule has 0 bridgehead atoms. The summed E-state index contributed by atoms with van der Waals surface area (Å²) in [6, 6.07) is -0.0115. The van der Waals surface area contributed by atoms with Crippen LogP contribution in [-0.4, -0.2) is 54.8 Å². The quantitative estimate of drug-likeness (QED) is 0.775. The molecule has 2 aliphatic rings. The lowest BCUT2D eigenvalue weighted by Crippen LogP contribution is -2.50. The Labute approximate surface area is 138 Å². The molecule has 2 aliphatic heterocycles. The van der Waals surface area contributed by atoms with E-state index < -0.39 is 0 Å². The molecule has 122 valence electrons. The summed E-state index contributed by atoms with van der Waals surface area (Å²) >= 11 is 6.25. The average molecular weight is 337 g/mol. The molecule has 9 heteroatoms. The number of halogens is 1. The first kappa shape index (κ1) is 14.6. The Kier molecular flexibility index (Phi) is 3.38. The van der Waals surface area contributed by atoms with Crippen molar-refractivity contribution in [2.45, 2.75) is 32.1 Å². The van der Waals surface area contributed by atoms with Crippen LogP contribution in [-0.2, 0) is 18.4 Å². The van der Waals surface area contributed by atoms with Crippen molar-refractivity contribution in [3.05, 3.63) is 28.3 Å². The highest BCUT2D eigenvalue weighted by atomic mass is 35.5. The molecule has 23 heavy (non-hydrogen) atoms. The van der Waals surface area contributed by atoms with Gasteiger partial charge in [-0.1, -0.05) is 16.8 Å². The number of hydrogen-bond donors (Lipinski definition) is 0. The average Bonchev–Trinajstić information content (AvgIpc) is 3.14. The van der Waals surface area contributed by atoms with Crippen LogP contribution in [0, 0.1) is 6.92 Å². The van der Waals surface area contributed by atoms with Gasteiger partial charge in [-0.05, 0) is 13.3 Å². The fourth-order valence-corrected chi connectivity index (χ4v) is 3.47. The van der Waals surface area contributed by atoms with Crippen molar-refractivity contribution in [3.63, 3.8) is 0 Å². The fourth-order valence-electron chi connectivity index (χ4n) is 3.23. The molecular weight excluding hydrogens is 320 g/mol. The molecule has 0 spiro atoms. The van der Waals surface area contributed by atoms with Crippen LogP contribution in [0.1, 0.15) is 34.3 Å². The van der Waals surface area contributed by atoms with E-state index in [2.05, 4.69) is 15.4 Å². The summed E-state index contributed by atoms with van der Waals surface area (Å²) in [7, 11) is 1.78. The van der Waals surface area contributed by atoms with E-state index in [9.17, 15) is 4.79 Å². The maximum Gasteiger partial charge on any atom is 0.275 e. The van der Waals surface area contributed by atoms with Gasteiger partial charge in [0.2, 0.25) is 0 Å². The first-order valence-corrected chi connectivity index (χ1v) is 7.93. The van der Waals surface area contributed by atoms with Crippen molar-refractivity contribution >= 4 is 17.5 Å². The number of aromatic nitrogens is 5. The second kappa shape index (κ2) is 5.31. The van der Waals surface area contributed by atoms with E-state index >= 15 is 0 Å². The van der Waals surface area contributed by atoms with E-state index in [1.54, 1.807) is 22.8 Å². The van der Waals surface area contributed by atoms with Gasteiger partial charge in [-0.15, -0.1) is 5.10 Å². The SMILES string of the molecule is Cc1c(Cl)c(C(=O)N2CC[C@@H]3OCc4cnnn4[C@H]3C2)nn1C. The highest BCUT2D eigenvalue weighted by Gasteiger charge is 2.39. The zero-order chi connectivity index (χ0) is 16.1. The van der Waals surface area contributed by atoms with Crippen LogP contribution in [0.15, 0.2) is 6.20 Å². The van der Waals surface area contributed by atoms with Gasteiger partial charge in [0.1, 0.15) is 0 Å². The third-order valence-corrected chi connectivity index (χ3v) is 5.13. The van der Waals surface area contributed by atoms with Crippen molar-refractivity contribution in [1.82, 2.24) is 29.7 Å². The van der Waals surface area contributed by atoms with Gasteiger partial charge in [-0.2, -0.15) is 5.10 Å². The lowest BCUT2D eigenvalue weighted by atomic mass is 10.00. The molecule has 1 fully saturated rings. The molecule has 0 aromatic carbocycles. The van der Waals surface area contributed by atoms with E-state index in [-0.39, 0.29) is 18.1 Å². The standard InChI is InChI=1S/C14H17ClN6O2/c1-8-12(15)13(17-19(8)2)14(22)20-4-3-11-10(6-20)21-9(7-23-11)5-16-18-21/h5,10-11H,3-4,6-7H2,1-2H3/t10-,11-/m0/s1. The Hall–Kier alpha value is -1.93. The number of aryl methyl sites for hydroxylation is 1. The number of rotatable bonds is 1. The van der Waals surface area contributed by atoms with Crippen molar-refractivity contribution in [1.29, 1.82) is 0 Å². The third-order valence-electron chi connectivity index (χ3n) is 4.68. The number of amides is 1. The summed E-state index contributed by atoms with van der Waals surface area (Å²) in [6.45, 7) is 3.50. The molecule has 2 atom stereocenters. The number of carbonyl (C=O) groups is 1. The molecule has 8 nitrogen and oxygen atoms in total. The first-order chi connectivity index (χ1) is 11.1. The summed E-state index contributed by atoms with van der Waals surface area (Å²) < 4.78 is 9.36. The maximum absolute atomic E-state index is 12.8. The summed E-state index contributed by atoms with van der Waals surface area (Å²) in [5.74, 6) is -0.149. The van der Waals surface area contributed by atoms with Crippen molar-refractivity contribution < 1.29 is 9.53 Å². The smallest absolute Gasteiger partial charge is 0.275 e. The van der Waals surface area contributed by atoms with Crippen LogP contribution < -0.4 is 0 Å². The van der Waals surface area contributed by atoms with Gasteiger partial charge < -0.3 is 9.64 Å². The molecule has 2 aromatic heterocycles. The number of likely N-dealkylation sites (tertiary alicyclic amines) is 1. The van der Waals surface area contributed by atoms with Crippen LogP contribution in [0.3, 0.4) is 0 Å². The van der Waals surface area contributed by atoms with Gasteiger partial charge in [0.15, 0.2) is 5.69 Å². The number of ether oxygens (including phenoxy) is 1. The highest BCUT2D eigenvalue weighted by Crippen LogP contribution is 2.31. The van der Waals surface area contributed by atoms with E-state index in [0.29, 0.717) is 30.4 Å². The minimum Gasteiger partial charge on any atom is -0.370 e. The van der Waals surface area contributed by atoms with E-state index in [4.69, 9.17) is 16.3 Å². The molecule has 4 heterocycles. The van der Waals surface area contributed by atoms with E-state index in [1.807, 2.05) is 11.6 Å². The Morgan fingerprint density at radius 1 is 1.48 bits per heavy atom. The lowest BCUT2D eigenvalue weighted by molar-refractivity contribution is -0.0605. The van der Waals surface area contributed by atoms with E-state index in [1.165, 1.54) is 0 Å². The summed E-state index contributed by atoms with van der Waals surface area (Å²) in [4.78, 5) is 14.6. The Bertz CT molecular complexity index is 769. The van der Waals surface area contributed by atoms with Crippen molar-refractivity contribution in [2.24, 2.45) is 7.05 Å². The van der Waals surface area contributed by atoms with Crippen LogP contribution >= 0.6 is 11.6 Å². The molecule has 2 aromatic rings. The van der Waals surface area contributed by atoms with Crippen LogP contribution in [0.25, 0.3) is 0 Å². The molecule has 1 saturated heterocycles. The molecule has 0 N–H and O–H groups in total. The normalized spacial score (nSPS) is 23.5. The maximum atomic E-state index is 12.8. The topological polar surface area (TPSA) is 78.1 Å². The van der Waals surface area contributed by atoms with Crippen molar-refractivity contribution in [3.8, 4) is 0 Å². The summed E-state index contributed by atoms with van der Waals surface area (Å²) in [6.07, 6.45) is 2.53. The Morgan fingerprint density at radius 3 is 3.04 bits per heavy atom. The number of hydrogen-bond acceptors (Lipinski definition) is 5. The minimum atomic E-state index is -0.149. The van der Waals surface area contributed by atoms with Crippen LogP contribution in [0.5, 0.6) is 0 Å². The lowest BCUT2D eigenvalue weighted by Gasteiger charge is -2.40. The number of nitrogens with zero attached hydrogens (tertiary/aromatic N) is 6. The zero-order valence-corrected chi connectivity index (χ0v) is 13.7. The molecule has 4 rings (SSSR count). The van der Waals surface area contributed by atoms with Gasteiger partial charge in [-0.25, -0.2) is 4.68 Å². The second-order valence-corrected chi connectivity index (χ2v) is 6.38. The van der Waals surface area contributed by atoms with Gasteiger partial charge in [0, 0.05) is 20.1 Å². The largest absolute Gasteiger partial charge is 0.370 e. The number of piperidine rings is 1. The molecule has 1 amide bonds. The first-order valence-electron chi connectivity index (χ1n) is 7.55. The number of fused-ring (bicyclic) bond motifs is 3. The van der Waals surface area contributed by atoms with E-state index in [0.717, 1.165) is 17.8 Å². The predicted molar refractivity (Wildman–Crippen MR) is 81.1 cm³/mol. The summed E-state index contributed by atoms with van der Waals surface area (Å²) in [5.41, 5.74) is 2.03. The van der Waals surface area contributed by atoms with Gasteiger partial charge in [-0.3, -0.25) is 9.48 Å². The molecule has 0 radical (unpaired) electrons. The monoisotopic (exact) mass is 336 g/mol. The zero-order valence-electron chi connectivity index (χ0n) is 12.9. The molecule has 0 saturated carbocycles. The number of carbonyl (C=O) groups excluding carboxylic acids is 1. The molecule has 0 aliphatic carbocycles. The van der Waals surface area contributed by atoms with Gasteiger partial charge >= 0.3 is 0 Å². The highest BCUT2D eigenvalue weighted by molar-refractivity contribution is 6.34. The van der Waals surface area contributed by atoms with Crippen LogP contribution in [0.4, 0.5) is 0 Å². The predicted octanol–water partition coefficient (Wildman–Crippen LogP) is 0.959.